The van der Waals surface area contributed by atoms with Crippen molar-refractivity contribution < 1.29 is 17.9 Å². The molecule has 1 heterocycles. The van der Waals surface area contributed by atoms with Crippen LogP contribution in [0, 0.1) is 6.92 Å². The maximum atomic E-state index is 12.9. The van der Waals surface area contributed by atoms with Gasteiger partial charge in [0.25, 0.3) is 0 Å². The molecular weight excluding hydrogens is 267 g/mol. The Morgan fingerprint density at radius 3 is 2.30 bits per heavy atom. The summed E-state index contributed by atoms with van der Waals surface area (Å²) in [4.78, 5) is 0. The number of alkyl halides is 3. The highest BCUT2D eigenvalue weighted by molar-refractivity contribution is 5.50. The molecule has 1 saturated heterocycles. The van der Waals surface area contributed by atoms with Gasteiger partial charge in [0.2, 0.25) is 0 Å². The van der Waals surface area contributed by atoms with Crippen molar-refractivity contribution in [2.24, 2.45) is 0 Å². The van der Waals surface area contributed by atoms with Crippen molar-refractivity contribution in [3.8, 4) is 0 Å². The van der Waals surface area contributed by atoms with E-state index in [1.165, 1.54) is 19.1 Å². The van der Waals surface area contributed by atoms with Crippen molar-refractivity contribution in [2.45, 2.75) is 58.0 Å². The molecule has 2 nitrogen and oxygen atoms in total. The summed E-state index contributed by atoms with van der Waals surface area (Å²) in [5, 5.41) is 3.20. The van der Waals surface area contributed by atoms with E-state index in [0.29, 0.717) is 5.69 Å². The van der Waals surface area contributed by atoms with E-state index in [-0.39, 0.29) is 23.8 Å². The third-order valence-electron chi connectivity index (χ3n) is 3.61. The first-order chi connectivity index (χ1) is 9.25. The normalized spacial score (nSPS) is 27.4. The van der Waals surface area contributed by atoms with Crippen LogP contribution >= 0.6 is 0 Å². The summed E-state index contributed by atoms with van der Waals surface area (Å²) in [6, 6.07) is 4.56. The Morgan fingerprint density at radius 2 is 1.75 bits per heavy atom. The predicted molar refractivity (Wildman–Crippen MR) is 72.8 cm³/mol. The van der Waals surface area contributed by atoms with Crippen LogP contribution in [0.2, 0.25) is 0 Å². The van der Waals surface area contributed by atoms with Crippen molar-refractivity contribution >= 4 is 5.69 Å². The van der Waals surface area contributed by atoms with Crippen LogP contribution in [0.3, 0.4) is 0 Å². The molecule has 1 aromatic rings. The second kappa shape index (κ2) is 5.64. The van der Waals surface area contributed by atoms with E-state index < -0.39 is 11.7 Å². The molecule has 0 saturated carbocycles. The van der Waals surface area contributed by atoms with Crippen LogP contribution in [0.25, 0.3) is 0 Å². The predicted octanol–water partition coefficient (Wildman–Crippen LogP) is 4.38. The topological polar surface area (TPSA) is 21.3 Å². The van der Waals surface area contributed by atoms with E-state index in [1.54, 1.807) is 6.07 Å². The number of anilines is 1. The summed E-state index contributed by atoms with van der Waals surface area (Å²) in [5.41, 5.74) is 0.196. The molecule has 1 aliphatic heterocycles. The number of hydrogen-bond donors (Lipinski definition) is 1. The lowest BCUT2D eigenvalue weighted by Gasteiger charge is -2.33. The third-order valence-corrected chi connectivity index (χ3v) is 3.61. The Hall–Kier alpha value is -1.23. The Bertz CT molecular complexity index is 463. The van der Waals surface area contributed by atoms with Gasteiger partial charge in [-0.2, -0.15) is 13.2 Å². The molecule has 2 atom stereocenters. The summed E-state index contributed by atoms with van der Waals surface area (Å²) in [6.07, 6.45) is -2.44. The molecule has 20 heavy (non-hydrogen) atoms. The minimum atomic E-state index is -4.31. The second-order valence-electron chi connectivity index (χ2n) is 5.60. The average molecular weight is 287 g/mol. The number of benzene rings is 1. The molecule has 1 aliphatic rings. The summed E-state index contributed by atoms with van der Waals surface area (Å²) in [6.45, 7) is 5.45. The molecule has 0 spiro atoms. The Balaban J connectivity index is 2.14. The molecule has 5 heteroatoms. The number of ether oxygens (including phenoxy) is 1. The monoisotopic (exact) mass is 287 g/mol. The highest BCUT2D eigenvalue weighted by Gasteiger charge is 2.33. The number of halogens is 3. The fourth-order valence-corrected chi connectivity index (χ4v) is 2.78. The van der Waals surface area contributed by atoms with Gasteiger partial charge in [-0.1, -0.05) is 6.07 Å². The minimum Gasteiger partial charge on any atom is -0.382 e. The summed E-state index contributed by atoms with van der Waals surface area (Å²) >= 11 is 0. The lowest BCUT2D eigenvalue weighted by molar-refractivity contribution is -0.138. The molecule has 0 amide bonds. The van der Waals surface area contributed by atoms with Gasteiger partial charge in [0, 0.05) is 11.7 Å². The van der Waals surface area contributed by atoms with Crippen molar-refractivity contribution in [1.29, 1.82) is 0 Å². The SMILES string of the molecule is Cc1ccc(NC2CC(C)OC(C)C2)cc1C(F)(F)F. The smallest absolute Gasteiger partial charge is 0.382 e. The van der Waals surface area contributed by atoms with Crippen molar-refractivity contribution in [1.82, 2.24) is 0 Å². The van der Waals surface area contributed by atoms with Crippen LogP contribution in [-0.2, 0) is 10.9 Å². The first kappa shape index (κ1) is 15.2. The maximum Gasteiger partial charge on any atom is 0.416 e. The number of rotatable bonds is 2. The van der Waals surface area contributed by atoms with Crippen LogP contribution in [0.5, 0.6) is 0 Å². The number of hydrogen-bond acceptors (Lipinski definition) is 2. The molecule has 1 aromatic carbocycles. The molecule has 112 valence electrons. The standard InChI is InChI=1S/C15H20F3NO/c1-9-4-5-12(8-14(9)15(16,17)18)19-13-6-10(2)20-11(3)7-13/h4-5,8,10-11,13,19H,6-7H2,1-3H3. The van der Waals surface area contributed by atoms with Gasteiger partial charge >= 0.3 is 6.18 Å². The third kappa shape index (κ3) is 3.66. The van der Waals surface area contributed by atoms with Crippen molar-refractivity contribution in [3.63, 3.8) is 0 Å². The number of aryl methyl sites for hydroxylation is 1. The zero-order valence-corrected chi connectivity index (χ0v) is 11.9. The quantitative estimate of drug-likeness (QED) is 0.871. The van der Waals surface area contributed by atoms with Gasteiger partial charge < -0.3 is 10.1 Å². The fourth-order valence-electron chi connectivity index (χ4n) is 2.78. The molecule has 0 aliphatic carbocycles. The van der Waals surface area contributed by atoms with E-state index in [4.69, 9.17) is 4.74 Å². The fraction of sp³-hybridized carbons (Fsp3) is 0.600. The highest BCUT2D eigenvalue weighted by Crippen LogP contribution is 2.34. The zero-order valence-electron chi connectivity index (χ0n) is 11.9. The number of nitrogens with one attached hydrogen (secondary N) is 1. The average Bonchev–Trinajstić information content (AvgIpc) is 2.29. The Morgan fingerprint density at radius 1 is 1.15 bits per heavy atom. The van der Waals surface area contributed by atoms with Crippen LogP contribution in [0.15, 0.2) is 18.2 Å². The molecule has 1 fully saturated rings. The van der Waals surface area contributed by atoms with Gasteiger partial charge in [-0.25, -0.2) is 0 Å². The zero-order chi connectivity index (χ0) is 14.9. The van der Waals surface area contributed by atoms with E-state index in [9.17, 15) is 13.2 Å². The van der Waals surface area contributed by atoms with Gasteiger partial charge in [-0.05, 0) is 51.3 Å². The largest absolute Gasteiger partial charge is 0.416 e. The van der Waals surface area contributed by atoms with Crippen LogP contribution < -0.4 is 5.32 Å². The molecule has 0 aromatic heterocycles. The van der Waals surface area contributed by atoms with Gasteiger partial charge in [-0.3, -0.25) is 0 Å². The molecule has 2 unspecified atom stereocenters. The minimum absolute atomic E-state index is 0.129. The van der Waals surface area contributed by atoms with Crippen molar-refractivity contribution in [2.75, 3.05) is 5.32 Å². The first-order valence-electron chi connectivity index (χ1n) is 6.85. The van der Waals surface area contributed by atoms with Crippen LogP contribution in [0.4, 0.5) is 18.9 Å². The Labute approximate surface area is 117 Å². The molecule has 2 rings (SSSR count). The van der Waals surface area contributed by atoms with E-state index in [1.807, 2.05) is 13.8 Å². The van der Waals surface area contributed by atoms with E-state index in [2.05, 4.69) is 5.32 Å². The molecule has 0 radical (unpaired) electrons. The lowest BCUT2D eigenvalue weighted by atomic mass is 9.99. The van der Waals surface area contributed by atoms with Gasteiger partial charge in [0.15, 0.2) is 0 Å². The lowest BCUT2D eigenvalue weighted by Crippen LogP contribution is -2.36. The maximum absolute atomic E-state index is 12.9. The molecule has 0 bridgehead atoms. The summed E-state index contributed by atoms with van der Waals surface area (Å²) < 4.78 is 44.3. The second-order valence-corrected chi connectivity index (χ2v) is 5.60. The van der Waals surface area contributed by atoms with Crippen LogP contribution in [0.1, 0.15) is 37.8 Å². The summed E-state index contributed by atoms with van der Waals surface area (Å²) in [5.74, 6) is 0. The van der Waals surface area contributed by atoms with Gasteiger partial charge in [0.05, 0.1) is 17.8 Å². The van der Waals surface area contributed by atoms with Gasteiger partial charge in [0.1, 0.15) is 0 Å². The van der Waals surface area contributed by atoms with Crippen molar-refractivity contribution in [3.05, 3.63) is 29.3 Å². The first-order valence-corrected chi connectivity index (χ1v) is 6.85. The molecule has 1 N–H and O–H groups in total. The molecular formula is C15H20F3NO. The van der Waals surface area contributed by atoms with Crippen LogP contribution in [-0.4, -0.2) is 18.2 Å². The Kier molecular flexibility index (Phi) is 4.28. The van der Waals surface area contributed by atoms with E-state index in [0.717, 1.165) is 12.8 Å². The van der Waals surface area contributed by atoms with E-state index >= 15 is 0 Å². The summed E-state index contributed by atoms with van der Waals surface area (Å²) in [7, 11) is 0. The highest BCUT2D eigenvalue weighted by atomic mass is 19.4. The van der Waals surface area contributed by atoms with Gasteiger partial charge in [-0.15, -0.1) is 0 Å².